The molecule has 2 aliphatic heterocycles. The van der Waals surface area contributed by atoms with E-state index in [4.69, 9.17) is 0 Å². The number of hydrogen-bond acceptors (Lipinski definition) is 6. The summed E-state index contributed by atoms with van der Waals surface area (Å²) in [5.74, 6) is -0.209. The highest BCUT2D eigenvalue weighted by molar-refractivity contribution is 7.20. The zero-order valence-corrected chi connectivity index (χ0v) is 14.4. The Kier molecular flexibility index (Phi) is 4.22. The molecule has 4 heterocycles. The number of likely N-dealkylation sites (tertiary alicyclic amines) is 1. The first-order valence-corrected chi connectivity index (χ1v) is 9.49. The molecule has 0 aliphatic carbocycles. The van der Waals surface area contributed by atoms with Crippen molar-refractivity contribution in [1.29, 1.82) is 0 Å². The van der Waals surface area contributed by atoms with Gasteiger partial charge in [0, 0.05) is 32.4 Å². The van der Waals surface area contributed by atoms with E-state index in [1.807, 2.05) is 0 Å². The van der Waals surface area contributed by atoms with Gasteiger partial charge in [0.15, 0.2) is 0 Å². The van der Waals surface area contributed by atoms with Crippen LogP contribution in [0.25, 0.3) is 4.96 Å². The van der Waals surface area contributed by atoms with Crippen molar-refractivity contribution in [2.75, 3.05) is 31.1 Å². The predicted octanol–water partition coefficient (Wildman–Crippen LogP) is 1.77. The first-order chi connectivity index (χ1) is 11.7. The number of carbonyl (C=O) groups is 1. The molecule has 2 saturated heterocycles. The molecule has 128 valence electrons. The average Bonchev–Trinajstić information content (AvgIpc) is 3.18. The summed E-state index contributed by atoms with van der Waals surface area (Å²) in [6.45, 7) is 3.37. The molecule has 2 aromatic heterocycles. The van der Waals surface area contributed by atoms with Crippen LogP contribution in [0.4, 0.5) is 5.13 Å². The van der Waals surface area contributed by atoms with Gasteiger partial charge < -0.3 is 9.80 Å². The van der Waals surface area contributed by atoms with E-state index in [9.17, 15) is 9.59 Å². The maximum absolute atomic E-state index is 12.7. The second-order valence-corrected chi connectivity index (χ2v) is 7.39. The van der Waals surface area contributed by atoms with E-state index >= 15 is 0 Å². The maximum atomic E-state index is 12.7. The van der Waals surface area contributed by atoms with Gasteiger partial charge in [-0.15, -0.1) is 5.10 Å². The molecular weight excluding hydrogens is 326 g/mol. The normalized spacial score (nSPS) is 19.0. The SMILES string of the molecule is O=C(c1cnc2sc(N3CCCC3)nn2c1=O)N1CCCCCC1. The van der Waals surface area contributed by atoms with Crippen molar-refractivity contribution in [2.24, 2.45) is 0 Å². The van der Waals surface area contributed by atoms with Crippen LogP contribution in [-0.2, 0) is 0 Å². The lowest BCUT2D eigenvalue weighted by molar-refractivity contribution is 0.0759. The highest BCUT2D eigenvalue weighted by Crippen LogP contribution is 2.24. The lowest BCUT2D eigenvalue weighted by Crippen LogP contribution is -2.36. The number of anilines is 1. The number of nitrogens with zero attached hydrogens (tertiary/aromatic N) is 5. The summed E-state index contributed by atoms with van der Waals surface area (Å²) >= 11 is 1.41. The molecule has 0 bridgehead atoms. The predicted molar refractivity (Wildman–Crippen MR) is 93.0 cm³/mol. The van der Waals surface area contributed by atoms with Gasteiger partial charge >= 0.3 is 0 Å². The fourth-order valence-electron chi connectivity index (χ4n) is 3.40. The fourth-order valence-corrected chi connectivity index (χ4v) is 4.32. The molecule has 0 spiro atoms. The number of rotatable bonds is 2. The molecule has 0 aromatic carbocycles. The van der Waals surface area contributed by atoms with Crippen molar-refractivity contribution in [2.45, 2.75) is 38.5 Å². The topological polar surface area (TPSA) is 70.8 Å². The number of aromatic nitrogens is 3. The number of hydrogen-bond donors (Lipinski definition) is 0. The number of fused-ring (bicyclic) bond motifs is 1. The van der Waals surface area contributed by atoms with Gasteiger partial charge in [0.1, 0.15) is 5.56 Å². The van der Waals surface area contributed by atoms with E-state index in [1.54, 1.807) is 4.90 Å². The lowest BCUT2D eigenvalue weighted by atomic mass is 10.2. The number of carbonyl (C=O) groups excluding carboxylic acids is 1. The summed E-state index contributed by atoms with van der Waals surface area (Å²) in [6.07, 6.45) is 8.01. The van der Waals surface area contributed by atoms with E-state index in [1.165, 1.54) is 22.0 Å². The van der Waals surface area contributed by atoms with Crippen molar-refractivity contribution in [3.05, 3.63) is 22.1 Å². The van der Waals surface area contributed by atoms with Crippen LogP contribution in [-0.4, -0.2) is 51.6 Å². The first-order valence-electron chi connectivity index (χ1n) is 8.67. The van der Waals surface area contributed by atoms with Crippen LogP contribution in [0.15, 0.2) is 11.0 Å². The van der Waals surface area contributed by atoms with Gasteiger partial charge in [0.2, 0.25) is 10.1 Å². The minimum atomic E-state index is -0.351. The molecule has 4 rings (SSSR count). The van der Waals surface area contributed by atoms with Crippen LogP contribution in [0.5, 0.6) is 0 Å². The fraction of sp³-hybridized carbons (Fsp3) is 0.625. The molecule has 0 unspecified atom stereocenters. The van der Waals surface area contributed by atoms with Crippen molar-refractivity contribution < 1.29 is 4.79 Å². The first kappa shape index (κ1) is 15.6. The Morgan fingerprint density at radius 1 is 1.00 bits per heavy atom. The van der Waals surface area contributed by atoms with Gasteiger partial charge in [0.25, 0.3) is 11.5 Å². The Balaban J connectivity index is 1.67. The zero-order chi connectivity index (χ0) is 16.5. The molecule has 24 heavy (non-hydrogen) atoms. The summed E-state index contributed by atoms with van der Waals surface area (Å²) in [4.78, 5) is 34.3. The van der Waals surface area contributed by atoms with Crippen LogP contribution in [0.3, 0.4) is 0 Å². The lowest BCUT2D eigenvalue weighted by Gasteiger charge is -2.19. The smallest absolute Gasteiger partial charge is 0.288 e. The Bertz CT molecular complexity index is 800. The molecule has 1 amide bonds. The van der Waals surface area contributed by atoms with Gasteiger partial charge in [-0.2, -0.15) is 4.52 Å². The van der Waals surface area contributed by atoms with Gasteiger partial charge in [-0.25, -0.2) is 4.98 Å². The molecule has 0 N–H and O–H groups in total. The Morgan fingerprint density at radius 2 is 1.67 bits per heavy atom. The summed E-state index contributed by atoms with van der Waals surface area (Å²) in [5.41, 5.74) is -0.219. The van der Waals surface area contributed by atoms with Crippen LogP contribution in [0.1, 0.15) is 48.9 Å². The van der Waals surface area contributed by atoms with Crippen molar-refractivity contribution in [1.82, 2.24) is 19.5 Å². The van der Waals surface area contributed by atoms with Crippen LogP contribution >= 0.6 is 11.3 Å². The summed E-state index contributed by atoms with van der Waals surface area (Å²) in [6, 6.07) is 0. The third kappa shape index (κ3) is 2.79. The quantitative estimate of drug-likeness (QED) is 0.828. The van der Waals surface area contributed by atoms with Gasteiger partial charge in [-0.3, -0.25) is 9.59 Å². The van der Waals surface area contributed by atoms with Gasteiger partial charge in [-0.05, 0) is 25.7 Å². The van der Waals surface area contributed by atoms with Crippen molar-refractivity contribution in [3.8, 4) is 0 Å². The van der Waals surface area contributed by atoms with E-state index in [0.29, 0.717) is 4.96 Å². The Labute approximate surface area is 143 Å². The van der Waals surface area contributed by atoms with E-state index < -0.39 is 0 Å². The largest absolute Gasteiger partial charge is 0.347 e. The summed E-state index contributed by atoms with van der Waals surface area (Å²) < 4.78 is 1.30. The second-order valence-electron chi connectivity index (χ2n) is 6.46. The minimum absolute atomic E-state index is 0.132. The van der Waals surface area contributed by atoms with Gasteiger partial charge in [-0.1, -0.05) is 24.2 Å². The van der Waals surface area contributed by atoms with Crippen LogP contribution in [0.2, 0.25) is 0 Å². The third-order valence-corrected chi connectivity index (χ3v) is 5.76. The molecule has 0 radical (unpaired) electrons. The molecule has 2 aliphatic rings. The van der Waals surface area contributed by atoms with Crippen molar-refractivity contribution >= 4 is 27.3 Å². The van der Waals surface area contributed by atoms with Crippen LogP contribution < -0.4 is 10.5 Å². The Morgan fingerprint density at radius 3 is 2.38 bits per heavy atom. The Hall–Kier alpha value is -1.96. The third-order valence-electron chi connectivity index (χ3n) is 4.78. The zero-order valence-electron chi connectivity index (χ0n) is 13.6. The highest BCUT2D eigenvalue weighted by Gasteiger charge is 2.23. The molecular formula is C16H21N5O2S. The highest BCUT2D eigenvalue weighted by atomic mass is 32.1. The molecule has 2 aromatic rings. The summed E-state index contributed by atoms with van der Waals surface area (Å²) in [7, 11) is 0. The molecule has 8 heteroatoms. The van der Waals surface area contributed by atoms with E-state index in [0.717, 1.165) is 69.8 Å². The van der Waals surface area contributed by atoms with E-state index in [2.05, 4.69) is 15.0 Å². The average molecular weight is 347 g/mol. The van der Waals surface area contributed by atoms with Gasteiger partial charge in [0.05, 0.1) is 0 Å². The monoisotopic (exact) mass is 347 g/mol. The number of amides is 1. The minimum Gasteiger partial charge on any atom is -0.347 e. The van der Waals surface area contributed by atoms with Crippen LogP contribution in [0, 0.1) is 0 Å². The second kappa shape index (κ2) is 6.51. The van der Waals surface area contributed by atoms with Crippen molar-refractivity contribution in [3.63, 3.8) is 0 Å². The maximum Gasteiger partial charge on any atom is 0.288 e. The standard InChI is InChI=1S/C16H21N5O2S/c22-13(19-7-3-1-2-4-8-19)12-11-17-15-21(14(12)23)18-16(24-15)20-9-5-6-10-20/h11H,1-10H2. The molecule has 0 saturated carbocycles. The summed E-state index contributed by atoms with van der Waals surface area (Å²) in [5, 5.41) is 5.23. The van der Waals surface area contributed by atoms with E-state index in [-0.39, 0.29) is 17.0 Å². The molecule has 2 fully saturated rings. The molecule has 0 atom stereocenters. The molecule has 7 nitrogen and oxygen atoms in total.